The van der Waals surface area contributed by atoms with Crippen molar-refractivity contribution in [1.29, 1.82) is 0 Å². The average molecular weight is 209 g/mol. The van der Waals surface area contributed by atoms with Crippen molar-refractivity contribution in [3.05, 3.63) is 24.3 Å². The van der Waals surface area contributed by atoms with Gasteiger partial charge >= 0.3 is 0 Å². The van der Waals surface area contributed by atoms with Crippen LogP contribution >= 0.6 is 0 Å². The van der Waals surface area contributed by atoms with Gasteiger partial charge in [0.2, 0.25) is 5.91 Å². The summed E-state index contributed by atoms with van der Waals surface area (Å²) in [7, 11) is 0. The van der Waals surface area contributed by atoms with E-state index in [0.717, 1.165) is 32.2 Å². The van der Waals surface area contributed by atoms with Gasteiger partial charge in [0.1, 0.15) is 0 Å². The van der Waals surface area contributed by atoms with Crippen LogP contribution in [0.15, 0.2) is 24.3 Å². The highest BCUT2D eigenvalue weighted by Gasteiger charge is 1.97. The Hall–Kier alpha value is -1.05. The maximum Gasteiger partial charge on any atom is 0.219 e. The first-order valence-corrected chi connectivity index (χ1v) is 5.85. The van der Waals surface area contributed by atoms with E-state index in [9.17, 15) is 4.79 Å². The zero-order valence-corrected chi connectivity index (χ0v) is 9.96. The highest BCUT2D eigenvalue weighted by atomic mass is 16.1. The first-order chi connectivity index (χ1) is 7.31. The minimum absolute atomic E-state index is 0.189. The van der Waals surface area contributed by atoms with Crippen LogP contribution in [0.25, 0.3) is 0 Å². The fourth-order valence-electron chi connectivity index (χ4n) is 1.19. The molecule has 0 heterocycles. The van der Waals surface area contributed by atoms with E-state index in [4.69, 9.17) is 0 Å². The molecule has 0 aliphatic rings. The van der Waals surface area contributed by atoms with Gasteiger partial charge in [-0.3, -0.25) is 4.79 Å². The number of nitrogens with one attached hydrogen (secondary N) is 1. The highest BCUT2D eigenvalue weighted by molar-refractivity contribution is 5.75. The van der Waals surface area contributed by atoms with Crippen LogP contribution < -0.4 is 5.32 Å². The van der Waals surface area contributed by atoms with Gasteiger partial charge in [0.25, 0.3) is 0 Å². The molecule has 0 atom stereocenters. The van der Waals surface area contributed by atoms with E-state index in [1.807, 2.05) is 19.1 Å². The van der Waals surface area contributed by atoms with Crippen LogP contribution in [0.4, 0.5) is 0 Å². The first kappa shape index (κ1) is 13.9. The third kappa shape index (κ3) is 10.9. The van der Waals surface area contributed by atoms with Crippen molar-refractivity contribution >= 4 is 5.91 Å². The summed E-state index contributed by atoms with van der Waals surface area (Å²) in [5, 5.41) is 2.88. The molecule has 0 aromatic heterocycles. The van der Waals surface area contributed by atoms with Crippen molar-refractivity contribution in [3.63, 3.8) is 0 Å². The molecule has 0 spiro atoms. The lowest BCUT2D eigenvalue weighted by molar-refractivity contribution is -0.121. The van der Waals surface area contributed by atoms with Gasteiger partial charge in [0, 0.05) is 13.0 Å². The molecule has 0 aliphatic heterocycles. The van der Waals surface area contributed by atoms with Gasteiger partial charge in [-0.05, 0) is 32.6 Å². The lowest BCUT2D eigenvalue weighted by Crippen LogP contribution is -2.23. The van der Waals surface area contributed by atoms with Gasteiger partial charge in [-0.15, -0.1) is 0 Å². The summed E-state index contributed by atoms with van der Waals surface area (Å²) < 4.78 is 0. The second kappa shape index (κ2) is 11.0. The largest absolute Gasteiger partial charge is 0.356 e. The number of hydrogen-bond donors (Lipinski definition) is 1. The third-order valence-corrected chi connectivity index (χ3v) is 2.04. The normalized spacial score (nSPS) is 11.3. The van der Waals surface area contributed by atoms with E-state index >= 15 is 0 Å². The smallest absolute Gasteiger partial charge is 0.219 e. The molecule has 2 heteroatoms. The van der Waals surface area contributed by atoms with Gasteiger partial charge in [0.15, 0.2) is 0 Å². The molecule has 0 aromatic rings. The molecule has 0 rings (SSSR count). The molecule has 0 radical (unpaired) electrons. The minimum atomic E-state index is 0.189. The summed E-state index contributed by atoms with van der Waals surface area (Å²) in [5.74, 6) is 0.189. The van der Waals surface area contributed by atoms with Crippen LogP contribution in [0.2, 0.25) is 0 Å². The van der Waals surface area contributed by atoms with Crippen LogP contribution in [0.5, 0.6) is 0 Å². The Kier molecular flexibility index (Phi) is 10.3. The predicted octanol–water partition coefficient (Wildman–Crippen LogP) is 3.21. The molecule has 0 bridgehead atoms. The van der Waals surface area contributed by atoms with Crippen molar-refractivity contribution in [2.45, 2.75) is 46.0 Å². The van der Waals surface area contributed by atoms with Crippen LogP contribution in [0.1, 0.15) is 46.0 Å². The van der Waals surface area contributed by atoms with E-state index < -0.39 is 0 Å². The zero-order valence-electron chi connectivity index (χ0n) is 9.96. The van der Waals surface area contributed by atoms with Crippen LogP contribution in [-0.4, -0.2) is 12.5 Å². The lowest BCUT2D eigenvalue weighted by atomic mass is 10.2. The molecule has 0 aromatic carbocycles. The summed E-state index contributed by atoms with van der Waals surface area (Å²) >= 11 is 0. The number of amides is 1. The monoisotopic (exact) mass is 209 g/mol. The molecule has 0 saturated carbocycles. The SMILES string of the molecule is C/C=C\C=C\CCCCC(=O)NCCC. The molecule has 86 valence electrons. The van der Waals surface area contributed by atoms with Crippen molar-refractivity contribution in [2.75, 3.05) is 6.54 Å². The van der Waals surface area contributed by atoms with Gasteiger partial charge in [-0.2, -0.15) is 0 Å². The second-order valence-electron chi connectivity index (χ2n) is 3.55. The summed E-state index contributed by atoms with van der Waals surface area (Å²) in [6.45, 7) is 4.87. The number of unbranched alkanes of at least 4 members (excludes halogenated alkanes) is 2. The summed E-state index contributed by atoms with van der Waals surface area (Å²) in [5.41, 5.74) is 0. The molecular weight excluding hydrogens is 186 g/mol. The molecule has 0 saturated heterocycles. The lowest BCUT2D eigenvalue weighted by Gasteiger charge is -2.01. The molecule has 2 nitrogen and oxygen atoms in total. The second-order valence-corrected chi connectivity index (χ2v) is 3.55. The third-order valence-electron chi connectivity index (χ3n) is 2.04. The Morgan fingerprint density at radius 2 is 2.07 bits per heavy atom. The molecule has 15 heavy (non-hydrogen) atoms. The summed E-state index contributed by atoms with van der Waals surface area (Å²) in [6.07, 6.45) is 13.0. The molecule has 1 amide bonds. The number of rotatable bonds is 8. The quantitative estimate of drug-likeness (QED) is 0.482. The topological polar surface area (TPSA) is 29.1 Å². The van der Waals surface area contributed by atoms with Crippen molar-refractivity contribution in [2.24, 2.45) is 0 Å². The number of carbonyl (C=O) groups excluding carboxylic acids is 1. The molecule has 0 fully saturated rings. The fourth-order valence-corrected chi connectivity index (χ4v) is 1.19. The minimum Gasteiger partial charge on any atom is -0.356 e. The van der Waals surface area contributed by atoms with E-state index in [0.29, 0.717) is 6.42 Å². The van der Waals surface area contributed by atoms with Crippen molar-refractivity contribution in [3.8, 4) is 0 Å². The first-order valence-electron chi connectivity index (χ1n) is 5.85. The van der Waals surface area contributed by atoms with E-state index in [2.05, 4.69) is 24.4 Å². The predicted molar refractivity (Wildman–Crippen MR) is 65.7 cm³/mol. The van der Waals surface area contributed by atoms with Crippen LogP contribution in [0, 0.1) is 0 Å². The summed E-state index contributed by atoms with van der Waals surface area (Å²) in [4.78, 5) is 11.2. The van der Waals surface area contributed by atoms with Crippen molar-refractivity contribution in [1.82, 2.24) is 5.32 Å². The zero-order chi connectivity index (χ0) is 11.4. The Morgan fingerprint density at radius 1 is 1.27 bits per heavy atom. The van der Waals surface area contributed by atoms with Gasteiger partial charge in [0.05, 0.1) is 0 Å². The fraction of sp³-hybridized carbons (Fsp3) is 0.615. The highest BCUT2D eigenvalue weighted by Crippen LogP contribution is 2.00. The molecule has 0 unspecified atom stereocenters. The number of hydrogen-bond acceptors (Lipinski definition) is 1. The number of carbonyl (C=O) groups is 1. The molecular formula is C13H23NO. The van der Waals surface area contributed by atoms with Crippen molar-refractivity contribution < 1.29 is 4.79 Å². The Labute approximate surface area is 93.5 Å². The van der Waals surface area contributed by atoms with Gasteiger partial charge < -0.3 is 5.32 Å². The standard InChI is InChI=1S/C13H23NO/c1-3-5-6-7-8-9-10-11-13(15)14-12-4-2/h3,5-7H,4,8-12H2,1-2H3,(H,14,15)/b5-3-,7-6+. The van der Waals surface area contributed by atoms with Gasteiger partial charge in [-0.25, -0.2) is 0 Å². The van der Waals surface area contributed by atoms with E-state index in [-0.39, 0.29) is 5.91 Å². The maximum atomic E-state index is 11.2. The Bertz CT molecular complexity index is 207. The van der Waals surface area contributed by atoms with Crippen LogP contribution in [-0.2, 0) is 4.79 Å². The Morgan fingerprint density at radius 3 is 2.73 bits per heavy atom. The Balaban J connectivity index is 3.26. The van der Waals surface area contributed by atoms with E-state index in [1.54, 1.807) is 0 Å². The number of allylic oxidation sites excluding steroid dienone is 4. The molecule has 1 N–H and O–H groups in total. The average Bonchev–Trinajstić information content (AvgIpc) is 2.25. The summed E-state index contributed by atoms with van der Waals surface area (Å²) in [6, 6.07) is 0. The van der Waals surface area contributed by atoms with E-state index in [1.165, 1.54) is 0 Å². The van der Waals surface area contributed by atoms with Crippen LogP contribution in [0.3, 0.4) is 0 Å². The molecule has 0 aliphatic carbocycles. The maximum absolute atomic E-state index is 11.2. The van der Waals surface area contributed by atoms with Gasteiger partial charge in [-0.1, -0.05) is 31.2 Å².